The number of carbonyl (C=O) groups is 1. The van der Waals surface area contributed by atoms with Gasteiger partial charge in [-0.15, -0.1) is 36.2 Å². The van der Waals surface area contributed by atoms with E-state index in [1.807, 2.05) is 5.38 Å². The Morgan fingerprint density at radius 1 is 1.18 bits per heavy atom. The molecule has 0 saturated carbocycles. The number of piperidine rings is 1. The molecule has 2 saturated heterocycles. The number of nitrogens with one attached hydrogen (secondary N) is 1. The maximum atomic E-state index is 12.5. The minimum atomic E-state index is -0.0366. The zero-order valence-electron chi connectivity index (χ0n) is 15.8. The summed E-state index contributed by atoms with van der Waals surface area (Å²) >= 11 is 1.52. The first kappa shape index (κ1) is 23.1. The van der Waals surface area contributed by atoms with E-state index in [0.717, 1.165) is 30.8 Å². The lowest BCUT2D eigenvalue weighted by Crippen LogP contribution is -2.50. The highest BCUT2D eigenvalue weighted by molar-refractivity contribution is 7.09. The molecular formula is C20H28Cl2N4OS. The number of hydrogen-bond acceptors (Lipinski definition) is 5. The summed E-state index contributed by atoms with van der Waals surface area (Å²) < 4.78 is 0. The molecule has 2 fully saturated rings. The molecule has 2 unspecified atom stereocenters. The first-order chi connectivity index (χ1) is 12.7. The third-order valence-electron chi connectivity index (χ3n) is 5.57. The summed E-state index contributed by atoms with van der Waals surface area (Å²) in [4.78, 5) is 19.6. The number of hydrogen-bond donors (Lipinski definition) is 2. The van der Waals surface area contributed by atoms with Gasteiger partial charge in [0.15, 0.2) is 0 Å². The number of carbonyl (C=O) groups excluding carboxylic acids is 1. The molecule has 2 atom stereocenters. The third kappa shape index (κ3) is 5.24. The minimum absolute atomic E-state index is 0. The van der Waals surface area contributed by atoms with Crippen molar-refractivity contribution in [3.8, 4) is 0 Å². The van der Waals surface area contributed by atoms with Gasteiger partial charge in [0.2, 0.25) is 0 Å². The van der Waals surface area contributed by atoms with Crippen LogP contribution >= 0.6 is 36.2 Å². The van der Waals surface area contributed by atoms with Gasteiger partial charge in [0.25, 0.3) is 5.91 Å². The number of thiazole rings is 1. The number of amides is 1. The normalized spacial score (nSPS) is 23.5. The van der Waals surface area contributed by atoms with Gasteiger partial charge >= 0.3 is 0 Å². The zero-order chi connectivity index (χ0) is 17.9. The van der Waals surface area contributed by atoms with E-state index in [2.05, 4.69) is 45.5 Å². The topological polar surface area (TPSA) is 71.2 Å². The number of rotatable bonds is 6. The Kier molecular flexibility index (Phi) is 8.71. The standard InChI is InChI=1S/C20H26N4OS.2ClH/c21-9-8-19-23-18(13-26-19)20(25)22-15-10-16-6-7-17(11-15)24(16)12-14-4-2-1-3-5-14;;/h1-5,13,15-17H,6-12,21H2,(H,22,25);2*1H. The predicted octanol–water partition coefficient (Wildman–Crippen LogP) is 3.41. The molecule has 8 heteroatoms. The summed E-state index contributed by atoms with van der Waals surface area (Å²) in [6.45, 7) is 1.59. The molecule has 0 aliphatic carbocycles. The molecular weight excluding hydrogens is 415 g/mol. The number of benzene rings is 1. The molecule has 0 spiro atoms. The third-order valence-corrected chi connectivity index (χ3v) is 6.48. The van der Waals surface area contributed by atoms with Crippen molar-refractivity contribution in [1.29, 1.82) is 0 Å². The van der Waals surface area contributed by atoms with Gasteiger partial charge in [-0.25, -0.2) is 4.98 Å². The van der Waals surface area contributed by atoms with Crippen LogP contribution in [0.25, 0.3) is 0 Å². The summed E-state index contributed by atoms with van der Waals surface area (Å²) in [5.41, 5.74) is 7.48. The van der Waals surface area contributed by atoms with Crippen LogP contribution in [0.2, 0.25) is 0 Å². The molecule has 1 amide bonds. The molecule has 28 heavy (non-hydrogen) atoms. The summed E-state index contributed by atoms with van der Waals surface area (Å²) in [7, 11) is 0. The average molecular weight is 443 g/mol. The van der Waals surface area contributed by atoms with Crippen molar-refractivity contribution in [3.05, 3.63) is 52.0 Å². The van der Waals surface area contributed by atoms with Crippen LogP contribution < -0.4 is 11.1 Å². The Hall–Kier alpha value is -1.18. The van der Waals surface area contributed by atoms with Gasteiger partial charge in [-0.1, -0.05) is 30.3 Å². The highest BCUT2D eigenvalue weighted by Crippen LogP contribution is 2.36. The summed E-state index contributed by atoms with van der Waals surface area (Å²) in [5, 5.41) is 6.01. The van der Waals surface area contributed by atoms with Crippen molar-refractivity contribution in [1.82, 2.24) is 15.2 Å². The fourth-order valence-corrected chi connectivity index (χ4v) is 5.15. The van der Waals surface area contributed by atoms with Crippen LogP contribution in [0.3, 0.4) is 0 Å². The van der Waals surface area contributed by atoms with Crippen molar-refractivity contribution in [2.75, 3.05) is 6.54 Å². The molecule has 1 aromatic carbocycles. The molecule has 2 aliphatic rings. The molecule has 0 radical (unpaired) electrons. The van der Waals surface area contributed by atoms with Gasteiger partial charge in [0.1, 0.15) is 5.69 Å². The molecule has 154 valence electrons. The first-order valence-electron chi connectivity index (χ1n) is 9.48. The van der Waals surface area contributed by atoms with Crippen LogP contribution in [0.4, 0.5) is 0 Å². The van der Waals surface area contributed by atoms with E-state index in [4.69, 9.17) is 5.73 Å². The van der Waals surface area contributed by atoms with Gasteiger partial charge in [0.05, 0.1) is 5.01 Å². The highest BCUT2D eigenvalue weighted by atomic mass is 35.5. The van der Waals surface area contributed by atoms with Gasteiger partial charge in [-0.3, -0.25) is 9.69 Å². The molecule has 2 aromatic rings. The monoisotopic (exact) mass is 442 g/mol. The van der Waals surface area contributed by atoms with Gasteiger partial charge < -0.3 is 11.1 Å². The fraction of sp³-hybridized carbons (Fsp3) is 0.500. The second-order valence-corrected chi connectivity index (χ2v) is 8.29. The van der Waals surface area contributed by atoms with Crippen LogP contribution in [0.15, 0.2) is 35.7 Å². The average Bonchev–Trinajstić information content (AvgIpc) is 3.19. The molecule has 5 nitrogen and oxygen atoms in total. The van der Waals surface area contributed by atoms with Crippen molar-refractivity contribution in [2.24, 2.45) is 5.73 Å². The van der Waals surface area contributed by atoms with Gasteiger partial charge in [-0.2, -0.15) is 0 Å². The van der Waals surface area contributed by atoms with Crippen molar-refractivity contribution < 1.29 is 4.79 Å². The van der Waals surface area contributed by atoms with Crippen LogP contribution in [0.1, 0.15) is 46.7 Å². The van der Waals surface area contributed by atoms with Crippen LogP contribution in [-0.2, 0) is 13.0 Å². The minimum Gasteiger partial charge on any atom is -0.348 e. The van der Waals surface area contributed by atoms with E-state index in [0.29, 0.717) is 24.3 Å². The Balaban J connectivity index is 0.00000140. The highest BCUT2D eigenvalue weighted by Gasteiger charge is 2.41. The summed E-state index contributed by atoms with van der Waals surface area (Å²) in [5.74, 6) is -0.0366. The smallest absolute Gasteiger partial charge is 0.270 e. The summed E-state index contributed by atoms with van der Waals surface area (Å²) in [6.07, 6.45) is 5.28. The Labute approximate surface area is 182 Å². The first-order valence-corrected chi connectivity index (χ1v) is 10.4. The number of aromatic nitrogens is 1. The number of nitrogens with two attached hydrogens (primary N) is 1. The molecule has 2 aliphatic heterocycles. The maximum absolute atomic E-state index is 12.5. The van der Waals surface area contributed by atoms with Crippen LogP contribution in [0.5, 0.6) is 0 Å². The largest absolute Gasteiger partial charge is 0.348 e. The van der Waals surface area contributed by atoms with Crippen molar-refractivity contribution in [2.45, 2.75) is 56.8 Å². The molecule has 1 aromatic heterocycles. The van der Waals surface area contributed by atoms with E-state index < -0.39 is 0 Å². The second-order valence-electron chi connectivity index (χ2n) is 7.35. The lowest BCUT2D eigenvalue weighted by Gasteiger charge is -2.39. The number of fused-ring (bicyclic) bond motifs is 2. The molecule has 2 bridgehead atoms. The van der Waals surface area contributed by atoms with Gasteiger partial charge in [-0.05, 0) is 37.8 Å². The zero-order valence-corrected chi connectivity index (χ0v) is 18.2. The van der Waals surface area contributed by atoms with E-state index >= 15 is 0 Å². The van der Waals surface area contributed by atoms with Gasteiger partial charge in [0, 0.05) is 36.5 Å². The number of halogens is 2. The molecule has 4 rings (SSSR count). The van der Waals surface area contributed by atoms with Crippen LogP contribution in [-0.4, -0.2) is 40.5 Å². The summed E-state index contributed by atoms with van der Waals surface area (Å²) in [6, 6.07) is 12.1. The van der Waals surface area contributed by atoms with Crippen LogP contribution in [0, 0.1) is 0 Å². The quantitative estimate of drug-likeness (QED) is 0.718. The van der Waals surface area contributed by atoms with Crippen molar-refractivity contribution in [3.63, 3.8) is 0 Å². The van der Waals surface area contributed by atoms with E-state index in [1.54, 1.807) is 0 Å². The lowest BCUT2D eigenvalue weighted by molar-refractivity contribution is 0.0824. The van der Waals surface area contributed by atoms with E-state index in [9.17, 15) is 4.79 Å². The molecule has 3 heterocycles. The Morgan fingerprint density at radius 2 is 1.86 bits per heavy atom. The SMILES string of the molecule is Cl.Cl.NCCc1nc(C(=O)NC2CC3CCC(C2)N3Cc2ccccc2)cs1. The fourth-order valence-electron chi connectivity index (χ4n) is 4.36. The van der Waals surface area contributed by atoms with E-state index in [1.165, 1.54) is 29.7 Å². The predicted molar refractivity (Wildman–Crippen MR) is 119 cm³/mol. The van der Waals surface area contributed by atoms with Crippen molar-refractivity contribution >= 4 is 42.1 Å². The lowest BCUT2D eigenvalue weighted by atomic mass is 9.96. The second kappa shape index (κ2) is 10.6. The Bertz CT molecular complexity index is 744. The molecule has 3 N–H and O–H groups in total. The van der Waals surface area contributed by atoms with E-state index in [-0.39, 0.29) is 36.8 Å². The Morgan fingerprint density at radius 3 is 2.50 bits per heavy atom. The number of nitrogens with zero attached hydrogens (tertiary/aromatic N) is 2. The maximum Gasteiger partial charge on any atom is 0.270 e.